The molecule has 17 heavy (non-hydrogen) atoms. The van der Waals surface area contributed by atoms with Gasteiger partial charge in [-0.3, -0.25) is 4.79 Å². The van der Waals surface area contributed by atoms with E-state index >= 15 is 0 Å². The van der Waals surface area contributed by atoms with Gasteiger partial charge in [0.2, 0.25) is 5.91 Å². The quantitative estimate of drug-likeness (QED) is 0.821. The summed E-state index contributed by atoms with van der Waals surface area (Å²) in [4.78, 5) is 11.9. The van der Waals surface area contributed by atoms with E-state index in [-0.39, 0.29) is 23.7 Å². The molecule has 1 aliphatic rings. The lowest BCUT2D eigenvalue weighted by Crippen LogP contribution is -2.50. The summed E-state index contributed by atoms with van der Waals surface area (Å²) in [6.07, 6.45) is 5.02. The molecule has 0 saturated heterocycles. The average Bonchev–Trinajstić information content (AvgIpc) is 2.60. The van der Waals surface area contributed by atoms with Crippen LogP contribution in [0.4, 0.5) is 0 Å². The van der Waals surface area contributed by atoms with Crippen LogP contribution in [0.5, 0.6) is 0 Å². The van der Waals surface area contributed by atoms with Crippen LogP contribution in [0.25, 0.3) is 0 Å². The Morgan fingerprint density at radius 3 is 2.24 bits per heavy atom. The highest BCUT2D eigenvalue weighted by molar-refractivity contribution is 5.85. The first-order valence-electron chi connectivity index (χ1n) is 6.28. The van der Waals surface area contributed by atoms with E-state index in [9.17, 15) is 4.79 Å². The summed E-state index contributed by atoms with van der Waals surface area (Å²) in [5.74, 6) is -0.0133. The largest absolute Gasteiger partial charge is 0.354 e. The number of hydrogen-bond donors (Lipinski definition) is 2. The van der Waals surface area contributed by atoms with Crippen molar-refractivity contribution in [3.63, 3.8) is 0 Å². The van der Waals surface area contributed by atoms with Crippen molar-refractivity contribution in [3.05, 3.63) is 0 Å². The minimum Gasteiger partial charge on any atom is -0.354 e. The van der Waals surface area contributed by atoms with Gasteiger partial charge < -0.3 is 11.1 Å². The molecule has 1 fully saturated rings. The van der Waals surface area contributed by atoms with Crippen LogP contribution in [0, 0.1) is 10.8 Å². The van der Waals surface area contributed by atoms with Crippen molar-refractivity contribution in [3.8, 4) is 0 Å². The van der Waals surface area contributed by atoms with Crippen molar-refractivity contribution in [1.82, 2.24) is 5.32 Å². The van der Waals surface area contributed by atoms with E-state index < -0.39 is 6.04 Å². The highest BCUT2D eigenvalue weighted by atomic mass is 35.5. The second-order valence-electron chi connectivity index (χ2n) is 6.58. The summed E-state index contributed by atoms with van der Waals surface area (Å²) in [6, 6.07) is -0.419. The Labute approximate surface area is 111 Å². The third-order valence-electron chi connectivity index (χ3n) is 3.72. The topological polar surface area (TPSA) is 55.1 Å². The van der Waals surface area contributed by atoms with E-state index in [4.69, 9.17) is 5.73 Å². The number of amides is 1. The normalized spacial score (nSPS) is 20.5. The van der Waals surface area contributed by atoms with Crippen LogP contribution in [-0.4, -0.2) is 18.5 Å². The van der Waals surface area contributed by atoms with E-state index in [1.165, 1.54) is 25.7 Å². The van der Waals surface area contributed by atoms with E-state index in [2.05, 4.69) is 12.2 Å². The lowest BCUT2D eigenvalue weighted by atomic mass is 9.85. The smallest absolute Gasteiger partial charge is 0.237 e. The van der Waals surface area contributed by atoms with Crippen molar-refractivity contribution in [2.45, 2.75) is 59.4 Å². The molecule has 1 aliphatic carbocycles. The predicted octanol–water partition coefficient (Wildman–Crippen LogP) is 2.48. The zero-order valence-electron chi connectivity index (χ0n) is 11.5. The van der Waals surface area contributed by atoms with Crippen LogP contribution in [0.3, 0.4) is 0 Å². The Bertz CT molecular complexity index is 255. The summed E-state index contributed by atoms with van der Waals surface area (Å²) in [7, 11) is 0. The van der Waals surface area contributed by atoms with Gasteiger partial charge in [-0.1, -0.05) is 40.5 Å². The molecule has 1 atom stereocenters. The Morgan fingerprint density at radius 1 is 1.35 bits per heavy atom. The number of rotatable bonds is 3. The zero-order chi connectivity index (χ0) is 12.4. The fourth-order valence-corrected chi connectivity index (χ4v) is 2.21. The zero-order valence-corrected chi connectivity index (χ0v) is 12.3. The van der Waals surface area contributed by atoms with Gasteiger partial charge in [0, 0.05) is 6.54 Å². The highest BCUT2D eigenvalue weighted by Crippen LogP contribution is 2.36. The van der Waals surface area contributed by atoms with Gasteiger partial charge in [-0.15, -0.1) is 12.4 Å². The number of nitrogens with two attached hydrogens (primary N) is 1. The number of carbonyl (C=O) groups is 1. The van der Waals surface area contributed by atoms with Crippen LogP contribution < -0.4 is 11.1 Å². The Morgan fingerprint density at radius 2 is 1.82 bits per heavy atom. The number of halogens is 1. The minimum absolute atomic E-state index is 0. The molecule has 0 bridgehead atoms. The van der Waals surface area contributed by atoms with Crippen LogP contribution >= 0.6 is 12.4 Å². The first-order chi connectivity index (χ1) is 7.25. The van der Waals surface area contributed by atoms with Crippen molar-refractivity contribution in [1.29, 1.82) is 0 Å². The van der Waals surface area contributed by atoms with E-state index in [0.29, 0.717) is 5.41 Å². The standard InChI is InChI=1S/C13H26N2O.ClH/c1-12(2,3)10(14)11(16)15-9-13(4)7-5-6-8-13;/h10H,5-9,14H2,1-4H3,(H,15,16);1H/t10-;/m1./s1. The van der Waals surface area contributed by atoms with Crippen LogP contribution in [0.15, 0.2) is 0 Å². The molecule has 102 valence electrons. The summed E-state index contributed by atoms with van der Waals surface area (Å²) in [6.45, 7) is 9.01. The molecule has 0 aromatic carbocycles. The molecule has 1 amide bonds. The van der Waals surface area contributed by atoms with E-state index in [1.54, 1.807) is 0 Å². The Hall–Kier alpha value is -0.280. The lowest BCUT2D eigenvalue weighted by molar-refractivity contribution is -0.125. The molecule has 3 nitrogen and oxygen atoms in total. The molecule has 0 aliphatic heterocycles. The van der Waals surface area contributed by atoms with Crippen LogP contribution in [0.2, 0.25) is 0 Å². The van der Waals surface area contributed by atoms with Gasteiger partial charge in [0.15, 0.2) is 0 Å². The molecule has 0 aromatic rings. The van der Waals surface area contributed by atoms with Gasteiger partial charge in [0.05, 0.1) is 6.04 Å². The van der Waals surface area contributed by atoms with Crippen LogP contribution in [0.1, 0.15) is 53.4 Å². The fourth-order valence-electron chi connectivity index (χ4n) is 2.21. The minimum atomic E-state index is -0.419. The summed E-state index contributed by atoms with van der Waals surface area (Å²) in [5.41, 5.74) is 6.04. The molecule has 0 radical (unpaired) electrons. The highest BCUT2D eigenvalue weighted by Gasteiger charge is 2.32. The van der Waals surface area contributed by atoms with Crippen molar-refractivity contribution < 1.29 is 4.79 Å². The Kier molecular flexibility index (Phi) is 5.95. The molecule has 1 rings (SSSR count). The van der Waals surface area contributed by atoms with Crippen molar-refractivity contribution in [2.75, 3.05) is 6.54 Å². The maximum atomic E-state index is 11.9. The van der Waals surface area contributed by atoms with E-state index in [1.807, 2.05) is 20.8 Å². The SMILES string of the molecule is CC1(CNC(=O)[C@@H](N)C(C)(C)C)CCCC1.Cl. The molecular weight excluding hydrogens is 236 g/mol. The average molecular weight is 263 g/mol. The first-order valence-corrected chi connectivity index (χ1v) is 6.28. The molecule has 1 saturated carbocycles. The summed E-state index contributed by atoms with van der Waals surface area (Å²) in [5, 5.41) is 3.01. The van der Waals surface area contributed by atoms with Gasteiger partial charge in [-0.05, 0) is 23.7 Å². The molecule has 0 aromatic heterocycles. The summed E-state index contributed by atoms with van der Waals surface area (Å²) >= 11 is 0. The van der Waals surface area contributed by atoms with Gasteiger partial charge in [0.1, 0.15) is 0 Å². The molecule has 4 heteroatoms. The maximum absolute atomic E-state index is 11.9. The Balaban J connectivity index is 0.00000256. The van der Waals surface area contributed by atoms with Gasteiger partial charge in [-0.25, -0.2) is 0 Å². The lowest BCUT2D eigenvalue weighted by Gasteiger charge is -2.29. The fraction of sp³-hybridized carbons (Fsp3) is 0.923. The van der Waals surface area contributed by atoms with Gasteiger partial charge in [-0.2, -0.15) is 0 Å². The third-order valence-corrected chi connectivity index (χ3v) is 3.72. The predicted molar refractivity (Wildman–Crippen MR) is 74.3 cm³/mol. The van der Waals surface area contributed by atoms with Crippen molar-refractivity contribution >= 4 is 18.3 Å². The maximum Gasteiger partial charge on any atom is 0.237 e. The van der Waals surface area contributed by atoms with Gasteiger partial charge in [0.25, 0.3) is 0 Å². The molecule has 0 heterocycles. The first kappa shape index (κ1) is 16.7. The summed E-state index contributed by atoms with van der Waals surface area (Å²) < 4.78 is 0. The molecule has 0 spiro atoms. The number of carbonyl (C=O) groups excluding carboxylic acids is 1. The van der Waals surface area contributed by atoms with Crippen LogP contribution in [-0.2, 0) is 4.79 Å². The molecular formula is C13H27ClN2O. The van der Waals surface area contributed by atoms with E-state index in [0.717, 1.165) is 6.54 Å². The second kappa shape index (κ2) is 6.05. The number of nitrogens with one attached hydrogen (secondary N) is 1. The molecule has 3 N–H and O–H groups in total. The molecule has 0 unspecified atom stereocenters. The number of hydrogen-bond acceptors (Lipinski definition) is 2. The third kappa shape index (κ3) is 4.84. The monoisotopic (exact) mass is 262 g/mol. The second-order valence-corrected chi connectivity index (χ2v) is 6.58. The van der Waals surface area contributed by atoms with Gasteiger partial charge >= 0.3 is 0 Å². The van der Waals surface area contributed by atoms with Crippen molar-refractivity contribution in [2.24, 2.45) is 16.6 Å².